The number of hydrogen-bond donors (Lipinski definition) is 1. The van der Waals surface area contributed by atoms with Gasteiger partial charge in [0.2, 0.25) is 0 Å². The second kappa shape index (κ2) is 5.11. The van der Waals surface area contributed by atoms with Crippen molar-refractivity contribution >= 4 is 35.0 Å². The van der Waals surface area contributed by atoms with E-state index in [-0.39, 0.29) is 5.91 Å². The molecule has 1 aliphatic heterocycles. The first-order valence-corrected chi connectivity index (χ1v) is 7.03. The summed E-state index contributed by atoms with van der Waals surface area (Å²) >= 11 is 7.40. The summed E-state index contributed by atoms with van der Waals surface area (Å²) in [5.41, 5.74) is 2.53. The van der Waals surface area contributed by atoms with Crippen molar-refractivity contribution in [3.05, 3.63) is 70.1 Å². The molecule has 1 aliphatic rings. The largest absolute Gasteiger partial charge is 0.321 e. The Morgan fingerprint density at radius 3 is 2.42 bits per heavy atom. The average Bonchev–Trinajstić information content (AvgIpc) is 2.76. The molecule has 0 saturated carbocycles. The summed E-state index contributed by atoms with van der Waals surface area (Å²) in [5, 5.41) is 5.55. The zero-order valence-electron chi connectivity index (χ0n) is 9.89. The molecule has 1 heterocycles. The van der Waals surface area contributed by atoms with Crippen LogP contribution in [-0.2, 0) is 0 Å². The summed E-state index contributed by atoms with van der Waals surface area (Å²) in [5.74, 6) is -0.0430. The number of carbonyl (C=O) groups is 1. The second-order valence-electron chi connectivity index (χ2n) is 4.10. The lowest BCUT2D eigenvalue weighted by molar-refractivity contribution is 0.0981. The Labute approximate surface area is 120 Å². The number of benzene rings is 2. The minimum Gasteiger partial charge on any atom is -0.321 e. The number of amides is 1. The quantitative estimate of drug-likeness (QED) is 0.840. The maximum atomic E-state index is 11.8. The molecule has 0 radical (unpaired) electrons. The van der Waals surface area contributed by atoms with Gasteiger partial charge in [0.25, 0.3) is 5.91 Å². The first-order chi connectivity index (χ1) is 9.24. The lowest BCUT2D eigenvalue weighted by Crippen LogP contribution is -2.11. The Balaban J connectivity index is 1.86. The predicted molar refractivity (Wildman–Crippen MR) is 79.2 cm³/mol. The zero-order chi connectivity index (χ0) is 13.2. The smallest absolute Gasteiger partial charge is 0.256 e. The van der Waals surface area contributed by atoms with Crippen LogP contribution < -0.4 is 5.32 Å². The summed E-state index contributed by atoms with van der Waals surface area (Å²) in [4.78, 5) is 12.8. The van der Waals surface area contributed by atoms with Gasteiger partial charge in [-0.05, 0) is 30.3 Å². The number of fused-ring (bicyclic) bond motifs is 1. The van der Waals surface area contributed by atoms with Gasteiger partial charge in [-0.15, -0.1) is 0 Å². The molecule has 0 spiro atoms. The van der Waals surface area contributed by atoms with Crippen LogP contribution in [0.2, 0.25) is 5.02 Å². The van der Waals surface area contributed by atoms with Crippen LogP contribution in [0.5, 0.6) is 0 Å². The molecular weight excluding hydrogens is 278 g/mol. The van der Waals surface area contributed by atoms with E-state index in [9.17, 15) is 4.79 Å². The molecule has 0 atom stereocenters. The highest BCUT2D eigenvalue weighted by Crippen LogP contribution is 2.29. The fourth-order valence-electron chi connectivity index (χ4n) is 1.91. The maximum Gasteiger partial charge on any atom is 0.256 e. The van der Waals surface area contributed by atoms with E-state index in [1.165, 1.54) is 0 Å². The van der Waals surface area contributed by atoms with Crippen LogP contribution in [-0.4, -0.2) is 5.91 Å². The SMILES string of the molecule is O=C1N/C(=C\Sc2ccc(Cl)cc2)c2ccccc21. The molecule has 0 bridgehead atoms. The van der Waals surface area contributed by atoms with E-state index < -0.39 is 0 Å². The molecule has 3 rings (SSSR count). The van der Waals surface area contributed by atoms with Crippen molar-refractivity contribution in [2.45, 2.75) is 4.90 Å². The van der Waals surface area contributed by atoms with E-state index in [2.05, 4.69) is 5.32 Å². The topological polar surface area (TPSA) is 29.1 Å². The average molecular weight is 288 g/mol. The molecule has 1 N–H and O–H groups in total. The van der Waals surface area contributed by atoms with Crippen LogP contribution in [0.3, 0.4) is 0 Å². The van der Waals surface area contributed by atoms with Crippen molar-refractivity contribution < 1.29 is 4.79 Å². The molecule has 0 aromatic heterocycles. The zero-order valence-corrected chi connectivity index (χ0v) is 11.5. The van der Waals surface area contributed by atoms with Crippen LogP contribution in [0, 0.1) is 0 Å². The fraction of sp³-hybridized carbons (Fsp3) is 0. The molecule has 0 fully saturated rings. The van der Waals surface area contributed by atoms with Crippen molar-refractivity contribution in [1.82, 2.24) is 5.32 Å². The van der Waals surface area contributed by atoms with Gasteiger partial charge < -0.3 is 5.32 Å². The summed E-state index contributed by atoms with van der Waals surface area (Å²) in [6.07, 6.45) is 0. The molecule has 2 nitrogen and oxygen atoms in total. The number of carbonyl (C=O) groups excluding carboxylic acids is 1. The van der Waals surface area contributed by atoms with Gasteiger partial charge in [-0.3, -0.25) is 4.79 Å². The second-order valence-corrected chi connectivity index (χ2v) is 5.48. The Kier molecular flexibility index (Phi) is 3.32. The van der Waals surface area contributed by atoms with Crippen molar-refractivity contribution in [2.75, 3.05) is 0 Å². The third-order valence-corrected chi connectivity index (χ3v) is 3.99. The van der Waals surface area contributed by atoms with Crippen LogP contribution in [0.4, 0.5) is 0 Å². The highest BCUT2D eigenvalue weighted by Gasteiger charge is 2.22. The number of nitrogens with one attached hydrogen (secondary N) is 1. The van der Waals surface area contributed by atoms with Crippen LogP contribution >= 0.6 is 23.4 Å². The standard InChI is InChI=1S/C15H10ClNOS/c16-10-5-7-11(8-6-10)19-9-14-12-3-1-2-4-13(12)15(18)17-14/h1-9H,(H,17,18)/b14-9-. The fourth-order valence-corrected chi connectivity index (χ4v) is 2.77. The monoisotopic (exact) mass is 287 g/mol. The summed E-state index contributed by atoms with van der Waals surface area (Å²) in [6, 6.07) is 15.2. The van der Waals surface area contributed by atoms with Crippen LogP contribution in [0.25, 0.3) is 5.70 Å². The van der Waals surface area contributed by atoms with Crippen molar-refractivity contribution in [1.29, 1.82) is 0 Å². The molecule has 0 unspecified atom stereocenters. The van der Waals surface area contributed by atoms with Gasteiger partial charge in [0.05, 0.1) is 5.70 Å². The normalized spacial score (nSPS) is 15.4. The number of hydrogen-bond acceptors (Lipinski definition) is 2. The van der Waals surface area contributed by atoms with Crippen molar-refractivity contribution in [3.8, 4) is 0 Å². The van der Waals surface area contributed by atoms with E-state index in [0.29, 0.717) is 0 Å². The van der Waals surface area contributed by atoms with Gasteiger partial charge in [-0.25, -0.2) is 0 Å². The van der Waals surface area contributed by atoms with Crippen molar-refractivity contribution in [2.24, 2.45) is 0 Å². The third-order valence-electron chi connectivity index (χ3n) is 2.84. The first kappa shape index (κ1) is 12.3. The minimum absolute atomic E-state index is 0.0430. The Morgan fingerprint density at radius 1 is 1.00 bits per heavy atom. The van der Waals surface area contributed by atoms with Gasteiger partial charge in [-0.1, -0.05) is 41.6 Å². The van der Waals surface area contributed by atoms with Gasteiger partial charge in [0.15, 0.2) is 0 Å². The Morgan fingerprint density at radius 2 is 1.68 bits per heavy atom. The number of rotatable bonds is 2. The summed E-state index contributed by atoms with van der Waals surface area (Å²) in [7, 11) is 0. The number of halogens is 1. The van der Waals surface area contributed by atoms with E-state index in [1.807, 2.05) is 53.9 Å². The van der Waals surface area contributed by atoms with E-state index in [4.69, 9.17) is 11.6 Å². The highest BCUT2D eigenvalue weighted by atomic mass is 35.5. The Bertz CT molecular complexity index is 664. The van der Waals surface area contributed by atoms with E-state index in [1.54, 1.807) is 11.8 Å². The molecule has 0 saturated heterocycles. The Hall–Kier alpha value is -1.71. The molecule has 1 amide bonds. The van der Waals surface area contributed by atoms with Gasteiger partial charge in [-0.2, -0.15) is 0 Å². The number of thioether (sulfide) groups is 1. The first-order valence-electron chi connectivity index (χ1n) is 5.77. The van der Waals surface area contributed by atoms with Gasteiger partial charge in [0.1, 0.15) is 0 Å². The molecule has 2 aromatic carbocycles. The lowest BCUT2D eigenvalue weighted by atomic mass is 10.1. The minimum atomic E-state index is -0.0430. The van der Waals surface area contributed by atoms with Crippen LogP contribution in [0.1, 0.15) is 15.9 Å². The summed E-state index contributed by atoms with van der Waals surface area (Å²) in [6.45, 7) is 0. The van der Waals surface area contributed by atoms with E-state index >= 15 is 0 Å². The third kappa shape index (κ3) is 2.53. The molecule has 0 aliphatic carbocycles. The lowest BCUT2D eigenvalue weighted by Gasteiger charge is -2.00. The molecule has 2 aromatic rings. The van der Waals surface area contributed by atoms with E-state index in [0.717, 1.165) is 26.7 Å². The maximum absolute atomic E-state index is 11.8. The molecule has 19 heavy (non-hydrogen) atoms. The van der Waals surface area contributed by atoms with Gasteiger partial charge in [0, 0.05) is 26.5 Å². The molecule has 94 valence electrons. The van der Waals surface area contributed by atoms with Crippen molar-refractivity contribution in [3.63, 3.8) is 0 Å². The van der Waals surface area contributed by atoms with Crippen LogP contribution in [0.15, 0.2) is 58.8 Å². The molecule has 4 heteroatoms. The van der Waals surface area contributed by atoms with Gasteiger partial charge >= 0.3 is 0 Å². The highest BCUT2D eigenvalue weighted by molar-refractivity contribution is 8.02. The summed E-state index contributed by atoms with van der Waals surface area (Å²) < 4.78 is 0. The molecular formula is C15H10ClNOS. The predicted octanol–water partition coefficient (Wildman–Crippen LogP) is 4.17.